The fourth-order valence-electron chi connectivity index (χ4n) is 2.03. The summed E-state index contributed by atoms with van der Waals surface area (Å²) in [6.07, 6.45) is 0.189. The lowest BCUT2D eigenvalue weighted by Gasteiger charge is -2.14. The summed E-state index contributed by atoms with van der Waals surface area (Å²) in [6, 6.07) is 12.0. The zero-order valence-electron chi connectivity index (χ0n) is 12.4. The highest BCUT2D eigenvalue weighted by atomic mass is 79.9. The van der Waals surface area contributed by atoms with Crippen molar-refractivity contribution >= 4 is 33.2 Å². The molecule has 0 unspecified atom stereocenters. The first-order chi connectivity index (χ1) is 9.95. The van der Waals surface area contributed by atoms with Crippen molar-refractivity contribution in [1.82, 2.24) is 0 Å². The lowest BCUT2D eigenvalue weighted by atomic mass is 10.1. The van der Waals surface area contributed by atoms with Crippen LogP contribution >= 0.6 is 27.5 Å². The Morgan fingerprint density at radius 1 is 1.19 bits per heavy atom. The molecule has 0 fully saturated rings. The van der Waals surface area contributed by atoms with Gasteiger partial charge in [0.15, 0.2) is 0 Å². The summed E-state index contributed by atoms with van der Waals surface area (Å²) in [5.41, 5.74) is 3.45. The van der Waals surface area contributed by atoms with Crippen LogP contribution in [-0.4, -0.2) is 6.10 Å². The van der Waals surface area contributed by atoms with Crippen molar-refractivity contribution in [1.29, 1.82) is 0 Å². The number of rotatable bonds is 5. The SMILES string of the molecule is Cc1cc(OC(C)C)ccc1NCc1ccc(Cl)c(Br)c1. The standard InChI is InChI=1S/C17H19BrClNO/c1-11(2)21-14-5-7-17(12(3)8-14)20-10-13-4-6-16(19)15(18)9-13/h4-9,11,20H,10H2,1-3H3. The molecule has 2 aromatic rings. The van der Waals surface area contributed by atoms with Gasteiger partial charge in [0.2, 0.25) is 0 Å². The maximum atomic E-state index is 6.00. The summed E-state index contributed by atoms with van der Waals surface area (Å²) in [7, 11) is 0. The Kier molecular flexibility index (Phi) is 5.54. The summed E-state index contributed by atoms with van der Waals surface area (Å²) in [5, 5.41) is 4.16. The Morgan fingerprint density at radius 2 is 1.95 bits per heavy atom. The molecular weight excluding hydrogens is 350 g/mol. The van der Waals surface area contributed by atoms with E-state index in [2.05, 4.69) is 40.3 Å². The van der Waals surface area contributed by atoms with Crippen molar-refractivity contribution < 1.29 is 4.74 Å². The first-order valence-electron chi connectivity index (χ1n) is 6.91. The third-order valence-corrected chi connectivity index (χ3v) is 4.25. The van der Waals surface area contributed by atoms with Crippen LogP contribution in [0.2, 0.25) is 5.02 Å². The Labute approximate surface area is 139 Å². The average Bonchev–Trinajstić information content (AvgIpc) is 2.41. The van der Waals surface area contributed by atoms with Crippen molar-refractivity contribution in [2.24, 2.45) is 0 Å². The molecule has 21 heavy (non-hydrogen) atoms. The number of benzene rings is 2. The molecular formula is C17H19BrClNO. The molecule has 2 nitrogen and oxygen atoms in total. The van der Waals surface area contributed by atoms with Crippen molar-refractivity contribution in [2.45, 2.75) is 33.4 Å². The van der Waals surface area contributed by atoms with Gasteiger partial charge in [0.05, 0.1) is 11.1 Å². The Morgan fingerprint density at radius 3 is 2.57 bits per heavy atom. The van der Waals surface area contributed by atoms with Gasteiger partial charge in [0.25, 0.3) is 0 Å². The number of ether oxygens (including phenoxy) is 1. The molecule has 0 radical (unpaired) electrons. The van der Waals surface area contributed by atoms with Crippen LogP contribution in [0.5, 0.6) is 5.75 Å². The van der Waals surface area contributed by atoms with Gasteiger partial charge in [-0.05, 0) is 78.2 Å². The minimum atomic E-state index is 0.189. The van der Waals surface area contributed by atoms with Crippen LogP contribution in [0.15, 0.2) is 40.9 Å². The van der Waals surface area contributed by atoms with E-state index in [1.165, 1.54) is 11.1 Å². The number of hydrogen-bond donors (Lipinski definition) is 1. The Bertz CT molecular complexity index is 628. The second-order valence-electron chi connectivity index (χ2n) is 5.25. The second kappa shape index (κ2) is 7.19. The van der Waals surface area contributed by atoms with E-state index in [0.29, 0.717) is 0 Å². The summed E-state index contributed by atoms with van der Waals surface area (Å²) in [6.45, 7) is 6.88. The fourth-order valence-corrected chi connectivity index (χ4v) is 2.57. The van der Waals surface area contributed by atoms with E-state index in [4.69, 9.17) is 16.3 Å². The molecule has 112 valence electrons. The van der Waals surface area contributed by atoms with Gasteiger partial charge in [-0.1, -0.05) is 17.7 Å². The monoisotopic (exact) mass is 367 g/mol. The Balaban J connectivity index is 2.04. The van der Waals surface area contributed by atoms with E-state index >= 15 is 0 Å². The number of halogens is 2. The smallest absolute Gasteiger partial charge is 0.120 e. The van der Waals surface area contributed by atoms with E-state index in [-0.39, 0.29) is 6.10 Å². The van der Waals surface area contributed by atoms with Crippen LogP contribution in [0, 0.1) is 6.92 Å². The van der Waals surface area contributed by atoms with Gasteiger partial charge in [0.1, 0.15) is 5.75 Å². The summed E-state index contributed by atoms with van der Waals surface area (Å²) < 4.78 is 6.61. The summed E-state index contributed by atoms with van der Waals surface area (Å²) in [4.78, 5) is 0. The van der Waals surface area contributed by atoms with E-state index in [1.54, 1.807) is 0 Å². The number of anilines is 1. The van der Waals surface area contributed by atoms with Gasteiger partial charge < -0.3 is 10.1 Å². The molecule has 0 amide bonds. The normalized spacial score (nSPS) is 10.8. The first-order valence-corrected chi connectivity index (χ1v) is 8.08. The lowest BCUT2D eigenvalue weighted by molar-refractivity contribution is 0.242. The molecule has 0 spiro atoms. The molecule has 4 heteroatoms. The molecule has 0 aliphatic heterocycles. The predicted molar refractivity (Wildman–Crippen MR) is 93.4 cm³/mol. The molecule has 0 heterocycles. The third kappa shape index (κ3) is 4.65. The molecule has 0 aliphatic carbocycles. The third-order valence-electron chi connectivity index (χ3n) is 3.04. The molecule has 0 saturated carbocycles. The lowest BCUT2D eigenvalue weighted by Crippen LogP contribution is -2.06. The van der Waals surface area contributed by atoms with E-state index in [0.717, 1.165) is 27.5 Å². The highest BCUT2D eigenvalue weighted by molar-refractivity contribution is 9.10. The van der Waals surface area contributed by atoms with Crippen LogP contribution in [0.25, 0.3) is 0 Å². The molecule has 0 aliphatic rings. The van der Waals surface area contributed by atoms with Gasteiger partial charge in [-0.2, -0.15) is 0 Å². The van der Waals surface area contributed by atoms with Crippen molar-refractivity contribution in [2.75, 3.05) is 5.32 Å². The minimum Gasteiger partial charge on any atom is -0.491 e. The van der Waals surface area contributed by atoms with Crippen molar-refractivity contribution in [3.63, 3.8) is 0 Å². The molecule has 1 N–H and O–H groups in total. The average molecular weight is 369 g/mol. The zero-order chi connectivity index (χ0) is 15.4. The summed E-state index contributed by atoms with van der Waals surface area (Å²) >= 11 is 9.44. The topological polar surface area (TPSA) is 21.3 Å². The molecule has 0 atom stereocenters. The van der Waals surface area contributed by atoms with Crippen molar-refractivity contribution in [3.8, 4) is 5.75 Å². The molecule has 2 aromatic carbocycles. The van der Waals surface area contributed by atoms with Crippen LogP contribution in [0.4, 0.5) is 5.69 Å². The highest BCUT2D eigenvalue weighted by Gasteiger charge is 2.04. The first kappa shape index (κ1) is 16.2. The van der Waals surface area contributed by atoms with Crippen LogP contribution < -0.4 is 10.1 Å². The van der Waals surface area contributed by atoms with Gasteiger partial charge >= 0.3 is 0 Å². The van der Waals surface area contributed by atoms with Gasteiger partial charge in [-0.25, -0.2) is 0 Å². The molecule has 0 aromatic heterocycles. The molecule has 0 saturated heterocycles. The van der Waals surface area contributed by atoms with E-state index < -0.39 is 0 Å². The fraction of sp³-hybridized carbons (Fsp3) is 0.294. The second-order valence-corrected chi connectivity index (χ2v) is 6.51. The van der Waals surface area contributed by atoms with Gasteiger partial charge in [0, 0.05) is 16.7 Å². The largest absolute Gasteiger partial charge is 0.491 e. The Hall–Kier alpha value is -1.19. The van der Waals surface area contributed by atoms with Crippen LogP contribution in [0.1, 0.15) is 25.0 Å². The van der Waals surface area contributed by atoms with Crippen molar-refractivity contribution in [3.05, 3.63) is 57.0 Å². The molecule has 0 bridgehead atoms. The molecule has 2 rings (SSSR count). The predicted octanol–water partition coefficient (Wildman–Crippen LogP) is 5.81. The number of aryl methyl sites for hydroxylation is 1. The minimum absolute atomic E-state index is 0.189. The quantitative estimate of drug-likeness (QED) is 0.719. The van der Waals surface area contributed by atoms with Gasteiger partial charge in [-0.15, -0.1) is 0 Å². The van der Waals surface area contributed by atoms with Crippen LogP contribution in [0.3, 0.4) is 0 Å². The highest BCUT2D eigenvalue weighted by Crippen LogP contribution is 2.25. The van der Waals surface area contributed by atoms with Gasteiger partial charge in [-0.3, -0.25) is 0 Å². The van der Waals surface area contributed by atoms with E-state index in [1.807, 2.05) is 38.1 Å². The maximum absolute atomic E-state index is 6.00. The van der Waals surface area contributed by atoms with E-state index in [9.17, 15) is 0 Å². The van der Waals surface area contributed by atoms with Crippen LogP contribution in [-0.2, 0) is 6.54 Å². The zero-order valence-corrected chi connectivity index (χ0v) is 14.8. The number of hydrogen-bond acceptors (Lipinski definition) is 2. The maximum Gasteiger partial charge on any atom is 0.120 e. The summed E-state index contributed by atoms with van der Waals surface area (Å²) in [5.74, 6) is 0.905. The number of nitrogens with one attached hydrogen (secondary N) is 1.